The molecule has 0 saturated carbocycles. The summed E-state index contributed by atoms with van der Waals surface area (Å²) in [6.07, 6.45) is 3.91. The van der Waals surface area contributed by atoms with Gasteiger partial charge in [0.2, 0.25) is 11.8 Å². The van der Waals surface area contributed by atoms with E-state index in [2.05, 4.69) is 5.32 Å². The number of carbonyl (C=O) groups excluding carboxylic acids is 2. The molecule has 2 N–H and O–H groups in total. The number of nitrogens with zero attached hydrogens (tertiary/aromatic N) is 1. The quantitative estimate of drug-likeness (QED) is 0.872. The van der Waals surface area contributed by atoms with Crippen LogP contribution < -0.4 is 5.32 Å². The number of rotatable bonds is 5. The number of hydrogen-bond acceptors (Lipinski definition) is 3. The topological polar surface area (TPSA) is 69.6 Å². The molecule has 1 aromatic carbocycles. The Hall–Kier alpha value is -2.14. The maximum Gasteiger partial charge on any atom is 0.223 e. The van der Waals surface area contributed by atoms with Gasteiger partial charge in [-0.25, -0.2) is 0 Å². The van der Waals surface area contributed by atoms with Crippen molar-refractivity contribution >= 4 is 17.9 Å². The van der Waals surface area contributed by atoms with Crippen LogP contribution in [0, 0.1) is 0 Å². The van der Waals surface area contributed by atoms with Crippen LogP contribution in [0.3, 0.4) is 0 Å². The number of hydrogen-bond donors (Lipinski definition) is 2. The lowest BCUT2D eigenvalue weighted by molar-refractivity contribution is -0.129. The normalized spacial score (nSPS) is 17.8. The van der Waals surface area contributed by atoms with Crippen LogP contribution >= 0.6 is 0 Å². The van der Waals surface area contributed by atoms with E-state index in [1.165, 1.54) is 6.92 Å². The van der Waals surface area contributed by atoms with Crippen LogP contribution in [0.15, 0.2) is 30.5 Å². The van der Waals surface area contributed by atoms with Crippen LogP contribution in [-0.2, 0) is 9.59 Å². The van der Waals surface area contributed by atoms with E-state index in [4.69, 9.17) is 0 Å². The second-order valence-electron chi connectivity index (χ2n) is 5.58. The van der Waals surface area contributed by atoms with Crippen molar-refractivity contribution in [1.29, 1.82) is 0 Å². The monoisotopic (exact) mass is 302 g/mol. The molecule has 0 radical (unpaired) electrons. The van der Waals surface area contributed by atoms with E-state index in [0.717, 1.165) is 11.1 Å². The maximum absolute atomic E-state index is 12.1. The fourth-order valence-electron chi connectivity index (χ4n) is 2.58. The Labute approximate surface area is 130 Å². The first-order chi connectivity index (χ1) is 10.5. The van der Waals surface area contributed by atoms with E-state index >= 15 is 0 Å². The number of aliphatic hydroxyl groups is 1. The van der Waals surface area contributed by atoms with Crippen LogP contribution in [0.25, 0.3) is 6.08 Å². The summed E-state index contributed by atoms with van der Waals surface area (Å²) in [6.45, 7) is 3.61. The molecule has 2 rings (SSSR count). The van der Waals surface area contributed by atoms with Gasteiger partial charge in [-0.15, -0.1) is 0 Å². The van der Waals surface area contributed by atoms with Gasteiger partial charge in [-0.1, -0.05) is 24.3 Å². The lowest BCUT2D eigenvalue weighted by Crippen LogP contribution is -2.35. The van der Waals surface area contributed by atoms with Gasteiger partial charge in [0.15, 0.2) is 0 Å². The van der Waals surface area contributed by atoms with Gasteiger partial charge in [0.25, 0.3) is 0 Å². The summed E-state index contributed by atoms with van der Waals surface area (Å²) in [5.74, 6) is -0.213. The third kappa shape index (κ3) is 3.95. The summed E-state index contributed by atoms with van der Waals surface area (Å²) in [6, 6.07) is 7.48. The highest BCUT2D eigenvalue weighted by Gasteiger charge is 2.27. The van der Waals surface area contributed by atoms with Crippen molar-refractivity contribution in [2.75, 3.05) is 6.54 Å². The molecule has 0 spiro atoms. The minimum absolute atomic E-state index is 0.0902. The minimum Gasteiger partial charge on any atom is -0.393 e. The number of fused-ring (bicyclic) bond motifs is 1. The number of nitrogens with one attached hydrogen (secondary N) is 1. The van der Waals surface area contributed by atoms with E-state index in [-0.39, 0.29) is 24.3 Å². The molecule has 0 aromatic heterocycles. The van der Waals surface area contributed by atoms with Crippen LogP contribution in [0.5, 0.6) is 0 Å². The fourth-order valence-corrected chi connectivity index (χ4v) is 2.58. The summed E-state index contributed by atoms with van der Waals surface area (Å²) in [7, 11) is 0. The zero-order valence-electron chi connectivity index (χ0n) is 13.0. The Balaban J connectivity index is 2.10. The van der Waals surface area contributed by atoms with Crippen LogP contribution in [-0.4, -0.2) is 34.5 Å². The predicted molar refractivity (Wildman–Crippen MR) is 84.7 cm³/mol. The van der Waals surface area contributed by atoms with Crippen molar-refractivity contribution in [2.24, 2.45) is 0 Å². The second kappa shape index (κ2) is 7.22. The Morgan fingerprint density at radius 1 is 1.36 bits per heavy atom. The highest BCUT2D eigenvalue weighted by Crippen LogP contribution is 2.32. The molecule has 0 fully saturated rings. The van der Waals surface area contributed by atoms with Crippen molar-refractivity contribution in [3.8, 4) is 0 Å². The fraction of sp³-hybridized carbons (Fsp3) is 0.412. The van der Waals surface area contributed by atoms with Crippen molar-refractivity contribution in [1.82, 2.24) is 10.2 Å². The van der Waals surface area contributed by atoms with Gasteiger partial charge >= 0.3 is 0 Å². The molecule has 5 heteroatoms. The van der Waals surface area contributed by atoms with E-state index in [9.17, 15) is 14.7 Å². The smallest absolute Gasteiger partial charge is 0.223 e. The first kappa shape index (κ1) is 16.2. The van der Waals surface area contributed by atoms with E-state index in [0.29, 0.717) is 13.0 Å². The summed E-state index contributed by atoms with van der Waals surface area (Å²) < 4.78 is 0. The molecule has 5 nitrogen and oxygen atoms in total. The van der Waals surface area contributed by atoms with E-state index in [1.807, 2.05) is 30.3 Å². The highest BCUT2D eigenvalue weighted by molar-refractivity contribution is 5.81. The van der Waals surface area contributed by atoms with Crippen molar-refractivity contribution in [3.05, 3.63) is 41.6 Å². The number of amides is 2. The lowest BCUT2D eigenvalue weighted by atomic mass is 9.93. The zero-order chi connectivity index (χ0) is 16.1. The average molecular weight is 302 g/mol. The van der Waals surface area contributed by atoms with Gasteiger partial charge in [0.05, 0.1) is 18.6 Å². The molecule has 0 bridgehead atoms. The number of aliphatic hydroxyl groups excluding tert-OH is 1. The van der Waals surface area contributed by atoms with Gasteiger partial charge in [0, 0.05) is 19.7 Å². The molecule has 118 valence electrons. The molecular formula is C17H22N2O3. The minimum atomic E-state index is -0.438. The predicted octanol–water partition coefficient (Wildman–Crippen LogP) is 1.84. The number of carbonyl (C=O) groups is 2. The standard InChI is InChI=1S/C17H22N2O3/c1-12(20)7-9-18-17(22)11-16-15-6-4-3-5-14(15)8-10-19(16)13(2)21/h3-6,8,10,12,16,20H,7,9,11H2,1-2H3,(H,18,22). The molecule has 2 unspecified atom stereocenters. The third-order valence-electron chi connectivity index (χ3n) is 3.73. The molecule has 0 aliphatic carbocycles. The Bertz CT molecular complexity index is 581. The summed E-state index contributed by atoms with van der Waals surface area (Å²) in [5, 5.41) is 12.0. The van der Waals surface area contributed by atoms with Gasteiger partial charge in [-0.05, 0) is 30.5 Å². The molecule has 2 atom stereocenters. The molecule has 1 aliphatic rings. The van der Waals surface area contributed by atoms with Crippen molar-refractivity contribution in [3.63, 3.8) is 0 Å². The Morgan fingerprint density at radius 2 is 2.09 bits per heavy atom. The molecule has 2 amide bonds. The molecular weight excluding hydrogens is 280 g/mol. The van der Waals surface area contributed by atoms with Crippen molar-refractivity contribution < 1.29 is 14.7 Å². The lowest BCUT2D eigenvalue weighted by Gasteiger charge is -2.32. The SMILES string of the molecule is CC(=O)N1C=Cc2ccccc2C1CC(=O)NCCC(C)O. The third-order valence-corrected chi connectivity index (χ3v) is 3.73. The average Bonchev–Trinajstić information content (AvgIpc) is 2.46. The maximum atomic E-state index is 12.1. The molecule has 1 aromatic rings. The zero-order valence-corrected chi connectivity index (χ0v) is 13.0. The van der Waals surface area contributed by atoms with Gasteiger partial charge in [-0.2, -0.15) is 0 Å². The highest BCUT2D eigenvalue weighted by atomic mass is 16.3. The van der Waals surface area contributed by atoms with Gasteiger partial charge in [-0.3, -0.25) is 9.59 Å². The first-order valence-corrected chi connectivity index (χ1v) is 7.50. The van der Waals surface area contributed by atoms with E-state index < -0.39 is 6.10 Å². The molecule has 22 heavy (non-hydrogen) atoms. The first-order valence-electron chi connectivity index (χ1n) is 7.50. The molecule has 1 aliphatic heterocycles. The van der Waals surface area contributed by atoms with Crippen molar-refractivity contribution in [2.45, 2.75) is 38.8 Å². The van der Waals surface area contributed by atoms with Gasteiger partial charge < -0.3 is 15.3 Å². The second-order valence-corrected chi connectivity index (χ2v) is 5.58. The molecule has 0 saturated heterocycles. The largest absolute Gasteiger partial charge is 0.393 e. The van der Waals surface area contributed by atoms with Crippen LogP contribution in [0.1, 0.15) is 43.9 Å². The Kier molecular flexibility index (Phi) is 5.33. The Morgan fingerprint density at radius 3 is 2.77 bits per heavy atom. The van der Waals surface area contributed by atoms with Crippen LogP contribution in [0.4, 0.5) is 0 Å². The molecule has 1 heterocycles. The van der Waals surface area contributed by atoms with Gasteiger partial charge in [0.1, 0.15) is 0 Å². The van der Waals surface area contributed by atoms with Crippen LogP contribution in [0.2, 0.25) is 0 Å². The van der Waals surface area contributed by atoms with E-state index in [1.54, 1.807) is 18.0 Å². The number of benzene rings is 1. The summed E-state index contributed by atoms with van der Waals surface area (Å²) in [5.41, 5.74) is 2.01. The summed E-state index contributed by atoms with van der Waals surface area (Å²) >= 11 is 0. The summed E-state index contributed by atoms with van der Waals surface area (Å²) in [4.78, 5) is 25.5.